The number of nitrogens with zero attached hydrogens (tertiary/aromatic N) is 1. The molecule has 0 bridgehead atoms. The van der Waals surface area contributed by atoms with Crippen molar-refractivity contribution in [1.29, 1.82) is 0 Å². The molecule has 0 fully saturated rings. The molecule has 0 aliphatic carbocycles. The molecule has 2 rings (SSSR count). The molecule has 0 saturated heterocycles. The summed E-state index contributed by atoms with van der Waals surface area (Å²) in [5, 5.41) is 0. The number of benzene rings is 1. The van der Waals surface area contributed by atoms with Gasteiger partial charge in [-0.1, -0.05) is 61.0 Å². The first-order valence-corrected chi connectivity index (χ1v) is 6.86. The topological polar surface area (TPSA) is 20.3 Å². The number of carbonyl (C=O) groups excluding carboxylic acids is 1. The lowest BCUT2D eigenvalue weighted by atomic mass is 9.92. The molecule has 1 heterocycles. The van der Waals surface area contributed by atoms with Crippen LogP contribution in [0.15, 0.2) is 24.3 Å². The quantitative estimate of drug-likeness (QED) is 0.530. The van der Waals surface area contributed by atoms with Gasteiger partial charge in [-0.15, -0.1) is 0 Å². The number of alkyl halides is 1. The van der Waals surface area contributed by atoms with Crippen LogP contribution in [0.4, 0.5) is 0 Å². The van der Waals surface area contributed by atoms with E-state index in [0.29, 0.717) is 0 Å². The van der Waals surface area contributed by atoms with Crippen LogP contribution in [0.25, 0.3) is 0 Å². The average Bonchev–Trinajstić information content (AvgIpc) is 2.28. The molecule has 0 radical (unpaired) electrons. The van der Waals surface area contributed by atoms with Crippen LogP contribution in [0.1, 0.15) is 36.8 Å². The molecule has 0 aromatic heterocycles. The van der Waals surface area contributed by atoms with Crippen molar-refractivity contribution >= 4 is 21.8 Å². The highest BCUT2D eigenvalue weighted by Crippen LogP contribution is 2.36. The van der Waals surface area contributed by atoms with E-state index in [2.05, 4.69) is 34.1 Å². The van der Waals surface area contributed by atoms with Gasteiger partial charge in [0, 0.05) is 12.0 Å². The monoisotopic (exact) mass is 295 g/mol. The standard InChI is InChI=1S/C14H18BrNO/c1-14(2,3)13(17)16-9-8-10-6-4-5-7-11(10)12(16)15/h4-7,12H,8-9H2,1-3H3. The van der Waals surface area contributed by atoms with E-state index in [4.69, 9.17) is 0 Å². The maximum atomic E-state index is 12.3. The first-order valence-electron chi connectivity index (χ1n) is 5.94. The molecule has 0 N–H and O–H groups in total. The van der Waals surface area contributed by atoms with E-state index in [1.165, 1.54) is 11.1 Å². The number of fused-ring (bicyclic) bond motifs is 1. The van der Waals surface area contributed by atoms with E-state index in [9.17, 15) is 4.79 Å². The van der Waals surface area contributed by atoms with Crippen molar-refractivity contribution in [3.8, 4) is 0 Å². The summed E-state index contributed by atoms with van der Waals surface area (Å²) in [6.07, 6.45) is 0.945. The number of hydrogen-bond acceptors (Lipinski definition) is 1. The van der Waals surface area contributed by atoms with E-state index < -0.39 is 0 Å². The fourth-order valence-electron chi connectivity index (χ4n) is 2.15. The highest BCUT2D eigenvalue weighted by Gasteiger charge is 2.34. The molecule has 1 amide bonds. The second-order valence-electron chi connectivity index (χ2n) is 5.53. The van der Waals surface area contributed by atoms with Crippen molar-refractivity contribution in [3.63, 3.8) is 0 Å². The molecule has 1 aliphatic heterocycles. The molecule has 17 heavy (non-hydrogen) atoms. The Kier molecular flexibility index (Phi) is 3.30. The summed E-state index contributed by atoms with van der Waals surface area (Å²) in [5.74, 6) is 0.203. The van der Waals surface area contributed by atoms with Gasteiger partial charge in [0.05, 0.1) is 0 Å². The maximum Gasteiger partial charge on any atom is 0.229 e. The summed E-state index contributed by atoms with van der Waals surface area (Å²) in [5.41, 5.74) is 2.24. The number of halogens is 1. The van der Waals surface area contributed by atoms with Gasteiger partial charge < -0.3 is 4.90 Å². The average molecular weight is 296 g/mol. The van der Waals surface area contributed by atoms with Gasteiger partial charge in [-0.3, -0.25) is 4.79 Å². The number of hydrogen-bond donors (Lipinski definition) is 0. The van der Waals surface area contributed by atoms with Crippen LogP contribution in [0.5, 0.6) is 0 Å². The smallest absolute Gasteiger partial charge is 0.229 e. The van der Waals surface area contributed by atoms with Gasteiger partial charge >= 0.3 is 0 Å². The highest BCUT2D eigenvalue weighted by atomic mass is 79.9. The first kappa shape index (κ1) is 12.6. The minimum absolute atomic E-state index is 0.0131. The summed E-state index contributed by atoms with van der Waals surface area (Å²) >= 11 is 3.65. The summed E-state index contributed by atoms with van der Waals surface area (Å²) in [7, 11) is 0. The van der Waals surface area contributed by atoms with E-state index in [0.717, 1.165) is 13.0 Å². The van der Waals surface area contributed by atoms with Crippen molar-refractivity contribution in [2.24, 2.45) is 5.41 Å². The first-order chi connectivity index (χ1) is 7.91. The fourth-order valence-corrected chi connectivity index (χ4v) is 2.99. The van der Waals surface area contributed by atoms with Crippen LogP contribution in [-0.4, -0.2) is 17.4 Å². The third-order valence-electron chi connectivity index (χ3n) is 3.11. The molecule has 1 aromatic carbocycles. The van der Waals surface area contributed by atoms with E-state index in [1.54, 1.807) is 0 Å². The predicted octanol–water partition coefficient (Wildman–Crippen LogP) is 3.51. The lowest BCUT2D eigenvalue weighted by Gasteiger charge is -2.37. The molecular weight excluding hydrogens is 278 g/mol. The summed E-state index contributed by atoms with van der Waals surface area (Å²) in [6.45, 7) is 6.70. The molecular formula is C14H18BrNO. The lowest BCUT2D eigenvalue weighted by Crippen LogP contribution is -2.43. The van der Waals surface area contributed by atoms with Gasteiger partial charge in [-0.2, -0.15) is 0 Å². The van der Waals surface area contributed by atoms with Crippen LogP contribution in [0.2, 0.25) is 0 Å². The second kappa shape index (κ2) is 4.45. The van der Waals surface area contributed by atoms with Crippen molar-refractivity contribution in [2.75, 3.05) is 6.54 Å². The number of carbonyl (C=O) groups is 1. The van der Waals surface area contributed by atoms with E-state index in [1.807, 2.05) is 31.7 Å². The lowest BCUT2D eigenvalue weighted by molar-refractivity contribution is -0.140. The second-order valence-corrected chi connectivity index (χ2v) is 6.40. The minimum atomic E-state index is -0.321. The Morgan fingerprint density at radius 1 is 1.35 bits per heavy atom. The van der Waals surface area contributed by atoms with Crippen LogP contribution in [-0.2, 0) is 11.2 Å². The van der Waals surface area contributed by atoms with Gasteiger partial charge in [0.2, 0.25) is 5.91 Å². The molecule has 0 saturated carbocycles. The minimum Gasteiger partial charge on any atom is -0.325 e. The Hall–Kier alpha value is -0.830. The molecule has 92 valence electrons. The summed E-state index contributed by atoms with van der Waals surface area (Å²) < 4.78 is 0. The highest BCUT2D eigenvalue weighted by molar-refractivity contribution is 9.09. The Labute approximate surface area is 111 Å². The van der Waals surface area contributed by atoms with Crippen LogP contribution in [0.3, 0.4) is 0 Å². The Morgan fingerprint density at radius 3 is 2.65 bits per heavy atom. The molecule has 1 atom stereocenters. The van der Waals surface area contributed by atoms with Crippen molar-refractivity contribution in [2.45, 2.75) is 32.1 Å². The molecule has 0 spiro atoms. The van der Waals surface area contributed by atoms with Crippen molar-refractivity contribution < 1.29 is 4.79 Å². The van der Waals surface area contributed by atoms with Crippen molar-refractivity contribution in [3.05, 3.63) is 35.4 Å². The third kappa shape index (κ3) is 2.39. The van der Waals surface area contributed by atoms with Gasteiger partial charge in [0.15, 0.2) is 0 Å². The predicted molar refractivity (Wildman–Crippen MR) is 73.0 cm³/mol. The summed E-state index contributed by atoms with van der Waals surface area (Å²) in [4.78, 5) is 14.3. The number of amides is 1. The molecule has 1 aliphatic rings. The van der Waals surface area contributed by atoms with Crippen LogP contribution >= 0.6 is 15.9 Å². The van der Waals surface area contributed by atoms with Gasteiger partial charge in [-0.25, -0.2) is 0 Å². The molecule has 1 unspecified atom stereocenters. The maximum absolute atomic E-state index is 12.3. The molecule has 2 nitrogen and oxygen atoms in total. The van der Waals surface area contributed by atoms with Gasteiger partial charge in [0.1, 0.15) is 4.95 Å². The molecule has 3 heteroatoms. The van der Waals surface area contributed by atoms with Gasteiger partial charge in [-0.05, 0) is 17.5 Å². The van der Waals surface area contributed by atoms with E-state index >= 15 is 0 Å². The zero-order valence-corrected chi connectivity index (χ0v) is 12.1. The Bertz CT molecular complexity index is 436. The third-order valence-corrected chi connectivity index (χ3v) is 4.10. The van der Waals surface area contributed by atoms with E-state index in [-0.39, 0.29) is 16.3 Å². The zero-order valence-electron chi connectivity index (χ0n) is 10.5. The van der Waals surface area contributed by atoms with Crippen LogP contribution < -0.4 is 0 Å². The van der Waals surface area contributed by atoms with Gasteiger partial charge in [0.25, 0.3) is 0 Å². The fraction of sp³-hybridized carbons (Fsp3) is 0.500. The number of rotatable bonds is 0. The molecule has 1 aromatic rings. The zero-order chi connectivity index (χ0) is 12.6. The SMILES string of the molecule is CC(C)(C)C(=O)N1CCc2ccccc2C1Br. The van der Waals surface area contributed by atoms with Crippen LogP contribution in [0, 0.1) is 5.41 Å². The normalized spacial score (nSPS) is 20.0. The Morgan fingerprint density at radius 2 is 2.00 bits per heavy atom. The van der Waals surface area contributed by atoms with Crippen molar-refractivity contribution in [1.82, 2.24) is 4.90 Å². The largest absolute Gasteiger partial charge is 0.325 e. The Balaban J connectivity index is 2.29. The summed E-state index contributed by atoms with van der Waals surface area (Å²) in [6, 6.07) is 8.32.